The Hall–Kier alpha value is -2.62. The van der Waals surface area contributed by atoms with Crippen LogP contribution in [0.15, 0.2) is 48.5 Å². The Kier molecular flexibility index (Phi) is 5.17. The van der Waals surface area contributed by atoms with Gasteiger partial charge in [-0.2, -0.15) is 0 Å². The Morgan fingerprint density at radius 2 is 1.88 bits per heavy atom. The molecule has 0 radical (unpaired) electrons. The van der Waals surface area contributed by atoms with Crippen LogP contribution in [-0.2, 0) is 22.6 Å². The maximum Gasteiger partial charge on any atom is 0.239 e. The van der Waals surface area contributed by atoms with Crippen molar-refractivity contribution < 1.29 is 9.59 Å². The molecular formula is C21H24N2O2. The number of nitrogens with zero attached hydrogens (tertiary/aromatic N) is 1. The summed E-state index contributed by atoms with van der Waals surface area (Å²) < 4.78 is 0. The minimum absolute atomic E-state index is 0.105. The van der Waals surface area contributed by atoms with E-state index in [1.165, 1.54) is 5.56 Å². The number of rotatable bonds is 5. The average molecular weight is 336 g/mol. The van der Waals surface area contributed by atoms with E-state index in [-0.39, 0.29) is 11.8 Å². The van der Waals surface area contributed by atoms with E-state index in [9.17, 15) is 9.59 Å². The molecule has 2 aromatic rings. The fourth-order valence-electron chi connectivity index (χ4n) is 3.21. The third kappa shape index (κ3) is 3.73. The number of amides is 2. The number of anilines is 1. The van der Waals surface area contributed by atoms with Crippen molar-refractivity contribution in [1.82, 2.24) is 5.32 Å². The first-order chi connectivity index (χ1) is 12.1. The van der Waals surface area contributed by atoms with E-state index < -0.39 is 5.92 Å². The molecule has 0 unspecified atom stereocenters. The lowest BCUT2D eigenvalue weighted by Crippen LogP contribution is -2.36. The summed E-state index contributed by atoms with van der Waals surface area (Å²) in [4.78, 5) is 26.8. The van der Waals surface area contributed by atoms with Crippen LogP contribution in [0.25, 0.3) is 0 Å². The second-order valence-electron chi connectivity index (χ2n) is 6.50. The lowest BCUT2D eigenvalue weighted by molar-refractivity contribution is -0.132. The van der Waals surface area contributed by atoms with E-state index in [0.29, 0.717) is 19.5 Å². The van der Waals surface area contributed by atoms with Gasteiger partial charge in [0, 0.05) is 18.8 Å². The van der Waals surface area contributed by atoms with E-state index in [0.717, 1.165) is 23.2 Å². The number of hydrogen-bond donors (Lipinski definition) is 1. The Bertz CT molecular complexity index is 768. The van der Waals surface area contributed by atoms with Gasteiger partial charge in [0.1, 0.15) is 5.92 Å². The van der Waals surface area contributed by atoms with Gasteiger partial charge < -0.3 is 10.2 Å². The molecule has 0 aliphatic carbocycles. The lowest BCUT2D eigenvalue weighted by atomic mass is 10.1. The smallest absolute Gasteiger partial charge is 0.239 e. The first-order valence-corrected chi connectivity index (χ1v) is 8.82. The van der Waals surface area contributed by atoms with Gasteiger partial charge in [0.25, 0.3) is 0 Å². The Morgan fingerprint density at radius 3 is 2.56 bits per heavy atom. The van der Waals surface area contributed by atoms with E-state index in [1.54, 1.807) is 4.90 Å². The molecule has 0 aromatic heterocycles. The molecular weight excluding hydrogens is 312 g/mol. The predicted molar refractivity (Wildman–Crippen MR) is 99.3 cm³/mol. The standard InChI is InChI=1S/C21H24N2O2/c1-3-16-8-10-18(11-9-16)23-13-12-19(21(23)25)20(24)22-14-17-7-5-4-6-15(17)2/h4-11,19H,3,12-14H2,1-2H3,(H,22,24)/t19-/m1/s1. The normalized spacial score (nSPS) is 17.0. The summed E-state index contributed by atoms with van der Waals surface area (Å²) in [6.07, 6.45) is 1.53. The fraction of sp³-hybridized carbons (Fsp3) is 0.333. The van der Waals surface area contributed by atoms with Crippen molar-refractivity contribution in [3.8, 4) is 0 Å². The second-order valence-corrected chi connectivity index (χ2v) is 6.50. The number of benzene rings is 2. The van der Waals surface area contributed by atoms with Crippen molar-refractivity contribution in [3.05, 3.63) is 65.2 Å². The van der Waals surface area contributed by atoms with Crippen LogP contribution in [-0.4, -0.2) is 18.4 Å². The summed E-state index contributed by atoms with van der Waals surface area (Å²) in [5.41, 5.74) is 4.32. The highest BCUT2D eigenvalue weighted by molar-refractivity contribution is 6.09. The molecule has 1 aliphatic rings. The molecule has 1 aliphatic heterocycles. The van der Waals surface area contributed by atoms with Crippen LogP contribution < -0.4 is 10.2 Å². The zero-order valence-corrected chi connectivity index (χ0v) is 14.8. The number of aryl methyl sites for hydroxylation is 2. The molecule has 0 saturated carbocycles. The van der Waals surface area contributed by atoms with E-state index in [2.05, 4.69) is 12.2 Å². The summed E-state index contributed by atoms with van der Waals surface area (Å²) >= 11 is 0. The minimum Gasteiger partial charge on any atom is -0.351 e. The van der Waals surface area contributed by atoms with Crippen LogP contribution in [0.1, 0.15) is 30.0 Å². The molecule has 25 heavy (non-hydrogen) atoms. The van der Waals surface area contributed by atoms with Gasteiger partial charge in [0.15, 0.2) is 0 Å². The Morgan fingerprint density at radius 1 is 1.16 bits per heavy atom. The SMILES string of the molecule is CCc1ccc(N2CC[C@H](C(=O)NCc3ccccc3C)C2=O)cc1. The molecule has 2 aromatic carbocycles. The quantitative estimate of drug-likeness (QED) is 0.852. The largest absolute Gasteiger partial charge is 0.351 e. The highest BCUT2D eigenvalue weighted by atomic mass is 16.2. The molecule has 1 N–H and O–H groups in total. The first kappa shape index (κ1) is 17.2. The van der Waals surface area contributed by atoms with Gasteiger partial charge in [-0.05, 0) is 48.6 Å². The molecule has 4 heteroatoms. The van der Waals surface area contributed by atoms with Gasteiger partial charge in [0.05, 0.1) is 0 Å². The van der Waals surface area contributed by atoms with Crippen LogP contribution >= 0.6 is 0 Å². The van der Waals surface area contributed by atoms with Crippen molar-refractivity contribution in [3.63, 3.8) is 0 Å². The zero-order valence-electron chi connectivity index (χ0n) is 14.8. The molecule has 4 nitrogen and oxygen atoms in total. The molecule has 1 heterocycles. The van der Waals surface area contributed by atoms with Gasteiger partial charge >= 0.3 is 0 Å². The van der Waals surface area contributed by atoms with Crippen LogP contribution in [0.4, 0.5) is 5.69 Å². The molecule has 0 spiro atoms. The molecule has 3 rings (SSSR count). The zero-order chi connectivity index (χ0) is 17.8. The van der Waals surface area contributed by atoms with Crippen LogP contribution in [0.5, 0.6) is 0 Å². The van der Waals surface area contributed by atoms with Crippen molar-refractivity contribution in [2.45, 2.75) is 33.2 Å². The molecule has 2 amide bonds. The Labute approximate surface area is 148 Å². The van der Waals surface area contributed by atoms with Crippen molar-refractivity contribution in [2.75, 3.05) is 11.4 Å². The van der Waals surface area contributed by atoms with Crippen LogP contribution in [0.3, 0.4) is 0 Å². The number of nitrogens with one attached hydrogen (secondary N) is 1. The van der Waals surface area contributed by atoms with E-state index in [1.807, 2.05) is 55.5 Å². The fourth-order valence-corrected chi connectivity index (χ4v) is 3.21. The number of carbonyl (C=O) groups excluding carboxylic acids is 2. The third-order valence-electron chi connectivity index (χ3n) is 4.89. The lowest BCUT2D eigenvalue weighted by Gasteiger charge is -2.17. The summed E-state index contributed by atoms with van der Waals surface area (Å²) in [6, 6.07) is 15.9. The second kappa shape index (κ2) is 7.51. The highest BCUT2D eigenvalue weighted by Gasteiger charge is 2.37. The number of hydrogen-bond acceptors (Lipinski definition) is 2. The van der Waals surface area contributed by atoms with Gasteiger partial charge in [-0.25, -0.2) is 0 Å². The topological polar surface area (TPSA) is 49.4 Å². The van der Waals surface area contributed by atoms with Crippen molar-refractivity contribution in [1.29, 1.82) is 0 Å². The van der Waals surface area contributed by atoms with Gasteiger partial charge in [0.2, 0.25) is 11.8 Å². The van der Waals surface area contributed by atoms with Gasteiger partial charge in [-0.3, -0.25) is 9.59 Å². The molecule has 130 valence electrons. The minimum atomic E-state index is -0.588. The summed E-state index contributed by atoms with van der Waals surface area (Å²) in [7, 11) is 0. The molecule has 1 saturated heterocycles. The highest BCUT2D eigenvalue weighted by Crippen LogP contribution is 2.26. The molecule has 1 fully saturated rings. The summed E-state index contributed by atoms with van der Waals surface area (Å²) in [6.45, 7) is 5.17. The maximum atomic E-state index is 12.6. The van der Waals surface area contributed by atoms with E-state index >= 15 is 0 Å². The van der Waals surface area contributed by atoms with Gasteiger partial charge in [-0.15, -0.1) is 0 Å². The predicted octanol–water partition coefficient (Wildman–Crippen LogP) is 3.23. The monoisotopic (exact) mass is 336 g/mol. The van der Waals surface area contributed by atoms with Crippen molar-refractivity contribution >= 4 is 17.5 Å². The van der Waals surface area contributed by atoms with E-state index in [4.69, 9.17) is 0 Å². The first-order valence-electron chi connectivity index (χ1n) is 8.82. The third-order valence-corrected chi connectivity index (χ3v) is 4.89. The maximum absolute atomic E-state index is 12.6. The molecule has 1 atom stereocenters. The summed E-state index contributed by atoms with van der Waals surface area (Å²) in [5.74, 6) is -0.873. The van der Waals surface area contributed by atoms with Gasteiger partial charge in [-0.1, -0.05) is 43.3 Å². The number of carbonyl (C=O) groups is 2. The Balaban J connectivity index is 1.62. The molecule has 0 bridgehead atoms. The summed E-state index contributed by atoms with van der Waals surface area (Å²) in [5, 5.41) is 2.92. The van der Waals surface area contributed by atoms with Crippen molar-refractivity contribution in [2.24, 2.45) is 5.92 Å². The average Bonchev–Trinajstić information content (AvgIpc) is 3.02. The van der Waals surface area contributed by atoms with Crippen LogP contribution in [0, 0.1) is 12.8 Å². The van der Waals surface area contributed by atoms with Crippen LogP contribution in [0.2, 0.25) is 0 Å².